The molecule has 3 aromatic heterocycles. The number of hydrogen-bond acceptors (Lipinski definition) is 8. The van der Waals surface area contributed by atoms with Crippen molar-refractivity contribution in [3.05, 3.63) is 83.4 Å². The number of nitrogens with zero attached hydrogens (tertiary/aromatic N) is 7. The number of urea groups is 1. The van der Waals surface area contributed by atoms with Gasteiger partial charge < -0.3 is 29.9 Å². The molecule has 4 atom stereocenters. The van der Waals surface area contributed by atoms with E-state index in [-0.39, 0.29) is 29.1 Å². The number of pyridine rings is 2. The number of carbonyl (C=O) groups excluding carboxylic acids is 1. The summed E-state index contributed by atoms with van der Waals surface area (Å²) < 4.78 is 8.34. The van der Waals surface area contributed by atoms with Crippen molar-refractivity contribution in [2.45, 2.75) is 49.3 Å². The van der Waals surface area contributed by atoms with Crippen molar-refractivity contribution in [1.29, 1.82) is 0 Å². The van der Waals surface area contributed by atoms with Crippen LogP contribution in [0.2, 0.25) is 0 Å². The lowest BCUT2D eigenvalue weighted by Crippen LogP contribution is -2.69. The fourth-order valence-electron chi connectivity index (χ4n) is 8.63. The van der Waals surface area contributed by atoms with Gasteiger partial charge in [0.05, 0.1) is 30.1 Å². The van der Waals surface area contributed by atoms with Gasteiger partial charge in [-0.15, -0.1) is 5.10 Å². The number of fused-ring (bicyclic) bond motifs is 2. The Balaban J connectivity index is 0.950. The molecule has 8 heterocycles. The normalized spacial score (nSPS) is 29.3. The molecule has 10 rings (SSSR count). The number of carboxylic acids is 1. The van der Waals surface area contributed by atoms with Crippen LogP contribution in [-0.2, 0) is 15.8 Å². The molecule has 2 N–H and O–H groups in total. The molecule has 46 heavy (non-hydrogen) atoms. The summed E-state index contributed by atoms with van der Waals surface area (Å²) in [4.78, 5) is 40.5. The zero-order valence-corrected chi connectivity index (χ0v) is 25.9. The summed E-state index contributed by atoms with van der Waals surface area (Å²) in [5.41, 5.74) is 3.31. The molecule has 6 fully saturated rings. The van der Waals surface area contributed by atoms with Gasteiger partial charge in [0.2, 0.25) is 0 Å². The van der Waals surface area contributed by atoms with Crippen molar-refractivity contribution < 1.29 is 19.4 Å². The lowest BCUT2D eigenvalue weighted by molar-refractivity contribution is -0.0746. The van der Waals surface area contributed by atoms with Crippen LogP contribution in [0.3, 0.4) is 0 Å². The minimum atomic E-state index is -1.06. The minimum absolute atomic E-state index is 0.00840. The van der Waals surface area contributed by atoms with Crippen LogP contribution in [0.25, 0.3) is 5.65 Å². The zero-order valence-electron chi connectivity index (χ0n) is 25.9. The van der Waals surface area contributed by atoms with E-state index >= 15 is 0 Å². The highest BCUT2D eigenvalue weighted by atomic mass is 16.5. The van der Waals surface area contributed by atoms with Gasteiger partial charge in [-0.05, 0) is 49.1 Å². The molecule has 2 amide bonds. The highest BCUT2D eigenvalue weighted by Crippen LogP contribution is 2.57. The SMILES string of the molecule is Cc1cc(N2CC[C@](C)(c3ccccc3)C2)cn2nc(C34CC(CO3)C4N3CC4(CN(c5cccc(C(=O)O)n5)C4)NC3=O)nc12. The fraction of sp³-hybridized carbons (Fsp3) is 0.441. The van der Waals surface area contributed by atoms with Crippen molar-refractivity contribution >= 4 is 29.2 Å². The maximum absolute atomic E-state index is 13.5. The summed E-state index contributed by atoms with van der Waals surface area (Å²) >= 11 is 0. The molecule has 12 heteroatoms. The number of nitrogens with one attached hydrogen (secondary N) is 1. The highest BCUT2D eigenvalue weighted by Gasteiger charge is 2.69. The Labute approximate surface area is 266 Å². The van der Waals surface area contributed by atoms with E-state index in [1.165, 1.54) is 11.6 Å². The molecule has 4 aromatic rings. The van der Waals surface area contributed by atoms with Crippen LogP contribution in [0.5, 0.6) is 0 Å². The molecule has 5 saturated heterocycles. The van der Waals surface area contributed by atoms with E-state index < -0.39 is 17.1 Å². The quantitative estimate of drug-likeness (QED) is 0.334. The molecule has 1 aromatic carbocycles. The van der Waals surface area contributed by atoms with Crippen LogP contribution in [0.15, 0.2) is 60.8 Å². The first kappa shape index (κ1) is 27.6. The zero-order chi connectivity index (χ0) is 31.4. The largest absolute Gasteiger partial charge is 0.477 e. The van der Waals surface area contributed by atoms with Crippen molar-refractivity contribution in [2.24, 2.45) is 5.92 Å². The van der Waals surface area contributed by atoms with Gasteiger partial charge in [-0.1, -0.05) is 43.3 Å². The third-order valence-corrected chi connectivity index (χ3v) is 11.0. The number of hydrogen-bond donors (Lipinski definition) is 2. The number of benzene rings is 1. The van der Waals surface area contributed by atoms with Crippen molar-refractivity contribution in [1.82, 2.24) is 29.8 Å². The van der Waals surface area contributed by atoms with Crippen LogP contribution in [0.1, 0.15) is 47.2 Å². The number of amides is 2. The number of carbonyl (C=O) groups is 2. The molecule has 6 aliphatic rings. The van der Waals surface area contributed by atoms with Crippen LogP contribution >= 0.6 is 0 Å². The van der Waals surface area contributed by atoms with Gasteiger partial charge in [-0.2, -0.15) is 0 Å². The number of aryl methyl sites for hydroxylation is 1. The van der Waals surface area contributed by atoms with E-state index in [1.54, 1.807) is 12.1 Å². The van der Waals surface area contributed by atoms with E-state index in [0.717, 1.165) is 42.8 Å². The van der Waals surface area contributed by atoms with Crippen molar-refractivity contribution in [2.75, 3.05) is 49.1 Å². The number of aromatic nitrogens is 4. The third kappa shape index (κ3) is 3.92. The molecular formula is C34H36N8O4. The first-order valence-corrected chi connectivity index (χ1v) is 16.0. The maximum atomic E-state index is 13.5. The van der Waals surface area contributed by atoms with Crippen LogP contribution in [-0.4, -0.2) is 92.5 Å². The predicted octanol–water partition coefficient (Wildman–Crippen LogP) is 3.20. The average molecular weight is 621 g/mol. The second kappa shape index (κ2) is 9.41. The number of anilines is 2. The third-order valence-electron chi connectivity index (χ3n) is 11.0. The predicted molar refractivity (Wildman–Crippen MR) is 169 cm³/mol. The first-order valence-electron chi connectivity index (χ1n) is 16.0. The second-order valence-electron chi connectivity index (χ2n) is 14.2. The van der Waals surface area contributed by atoms with E-state index in [4.69, 9.17) is 14.8 Å². The maximum Gasteiger partial charge on any atom is 0.354 e. The second-order valence-corrected chi connectivity index (χ2v) is 14.2. The summed E-state index contributed by atoms with van der Waals surface area (Å²) in [7, 11) is 0. The standard InChI is InChI=1S/C34H36N8O4/c1-21-13-24(39-12-11-32(2,17-39)23-7-4-3-5-8-23)15-42-28(21)36-30(38-42)34-14-22(16-46-34)27(34)41-20-33(37-31(41)45)18-40(19-33)26-10-6-9-25(35-26)29(43)44/h3-10,13,15,22,27H,11-12,14,16-20H2,1-2H3,(H,37,45)(H,43,44)/t22?,27?,32-,34?/m0/s1. The van der Waals surface area contributed by atoms with Gasteiger partial charge >= 0.3 is 12.0 Å². The number of carboxylic acid groups (broad SMARTS) is 1. The van der Waals surface area contributed by atoms with Crippen LogP contribution < -0.4 is 15.1 Å². The molecule has 12 nitrogen and oxygen atoms in total. The van der Waals surface area contributed by atoms with E-state index in [0.29, 0.717) is 37.9 Å². The fourth-order valence-corrected chi connectivity index (χ4v) is 8.63. The van der Waals surface area contributed by atoms with E-state index in [2.05, 4.69) is 71.6 Å². The van der Waals surface area contributed by atoms with Crippen LogP contribution in [0.4, 0.5) is 16.3 Å². The summed E-state index contributed by atoms with van der Waals surface area (Å²) in [6, 6.07) is 17.7. The monoisotopic (exact) mass is 620 g/mol. The van der Waals surface area contributed by atoms with Gasteiger partial charge in [-0.3, -0.25) is 0 Å². The Bertz CT molecular complexity index is 1900. The van der Waals surface area contributed by atoms with Gasteiger partial charge in [0, 0.05) is 44.1 Å². The topological polar surface area (TPSA) is 128 Å². The summed E-state index contributed by atoms with van der Waals surface area (Å²) in [6.45, 7) is 8.57. The summed E-state index contributed by atoms with van der Waals surface area (Å²) in [6.07, 6.45) is 3.95. The summed E-state index contributed by atoms with van der Waals surface area (Å²) in [5, 5.41) is 17.6. The molecule has 3 unspecified atom stereocenters. The molecule has 1 saturated carbocycles. The van der Waals surface area contributed by atoms with Gasteiger partial charge in [0.25, 0.3) is 0 Å². The van der Waals surface area contributed by atoms with E-state index in [9.17, 15) is 14.7 Å². The molecule has 1 aliphatic carbocycles. The van der Waals surface area contributed by atoms with Crippen LogP contribution in [0, 0.1) is 12.8 Å². The Morgan fingerprint density at radius 3 is 2.65 bits per heavy atom. The molecule has 2 bridgehead atoms. The number of ether oxygens (including phenoxy) is 1. The molecule has 236 valence electrons. The average Bonchev–Trinajstić information content (AvgIpc) is 3.85. The molecule has 0 radical (unpaired) electrons. The summed E-state index contributed by atoms with van der Waals surface area (Å²) in [5.74, 6) is 0.413. The Morgan fingerprint density at radius 2 is 1.87 bits per heavy atom. The van der Waals surface area contributed by atoms with Gasteiger partial charge in [0.15, 0.2) is 22.8 Å². The van der Waals surface area contributed by atoms with E-state index in [1.807, 2.05) is 14.3 Å². The lowest BCUT2D eigenvalue weighted by Gasteiger charge is -2.50. The Hall–Kier alpha value is -4.71. The van der Waals surface area contributed by atoms with Crippen molar-refractivity contribution in [3.8, 4) is 0 Å². The first-order chi connectivity index (χ1) is 22.2. The van der Waals surface area contributed by atoms with Crippen molar-refractivity contribution in [3.63, 3.8) is 0 Å². The minimum Gasteiger partial charge on any atom is -0.477 e. The lowest BCUT2D eigenvalue weighted by atomic mass is 9.67. The molecular weight excluding hydrogens is 584 g/mol. The smallest absolute Gasteiger partial charge is 0.354 e. The highest BCUT2D eigenvalue weighted by molar-refractivity contribution is 5.86. The number of rotatable bonds is 6. The van der Waals surface area contributed by atoms with Gasteiger partial charge in [-0.25, -0.2) is 24.1 Å². The Morgan fingerprint density at radius 1 is 1.04 bits per heavy atom. The van der Waals surface area contributed by atoms with Gasteiger partial charge in [0.1, 0.15) is 5.82 Å². The molecule has 5 aliphatic heterocycles. The molecule has 1 spiro atoms. The Kier molecular flexibility index (Phi) is 5.64. The number of aromatic carboxylic acids is 1.